The van der Waals surface area contributed by atoms with Gasteiger partial charge in [0.25, 0.3) is 0 Å². The summed E-state index contributed by atoms with van der Waals surface area (Å²) >= 11 is 0. The highest BCUT2D eigenvalue weighted by Gasteiger charge is 2.32. The van der Waals surface area contributed by atoms with Crippen molar-refractivity contribution in [2.75, 3.05) is 0 Å². The molecule has 0 fully saturated rings. The summed E-state index contributed by atoms with van der Waals surface area (Å²) in [6, 6.07) is 5.87. The van der Waals surface area contributed by atoms with E-state index in [0.717, 1.165) is 0 Å². The number of allylic oxidation sites excluding steroid dienone is 3. The van der Waals surface area contributed by atoms with E-state index < -0.39 is 28.1 Å². The lowest BCUT2D eigenvalue weighted by Gasteiger charge is -2.19. The Balaban J connectivity index is 2.71. The lowest BCUT2D eigenvalue weighted by atomic mass is 9.84. The first-order chi connectivity index (χ1) is 9.93. The van der Waals surface area contributed by atoms with Gasteiger partial charge in [-0.2, -0.15) is 8.42 Å². The molecule has 0 aromatic heterocycles. The van der Waals surface area contributed by atoms with Gasteiger partial charge in [-0.05, 0) is 23.3 Å². The predicted molar refractivity (Wildman–Crippen MR) is 75.6 cm³/mol. The Kier molecular flexibility index (Phi) is 4.04. The Morgan fingerprint density at radius 3 is 2.33 bits per heavy atom. The minimum Gasteiger partial charge on any atom is -0.481 e. The van der Waals surface area contributed by atoms with Crippen molar-refractivity contribution in [3.63, 3.8) is 0 Å². The van der Waals surface area contributed by atoms with Gasteiger partial charge in [0.15, 0.2) is 0 Å². The highest BCUT2D eigenvalue weighted by atomic mass is 32.2. The molecule has 1 aromatic rings. The zero-order valence-electron chi connectivity index (χ0n) is 10.6. The topological polar surface area (TPSA) is 109 Å². The average Bonchev–Trinajstić information content (AvgIpc) is 2.46. The largest absolute Gasteiger partial charge is 0.481 e. The molecule has 0 saturated carbocycles. The second-order valence-corrected chi connectivity index (χ2v) is 5.18. The van der Waals surface area contributed by atoms with Crippen molar-refractivity contribution in [3.8, 4) is 0 Å². The second kappa shape index (κ2) is 5.76. The lowest BCUT2D eigenvalue weighted by Crippen LogP contribution is -2.27. The van der Waals surface area contributed by atoms with E-state index in [-0.39, 0.29) is 21.6 Å². The van der Waals surface area contributed by atoms with Gasteiger partial charge in [-0.1, -0.05) is 30.4 Å². The SMILES string of the molecule is O=C(O)c1ccccc1C1=CC=CC(=S(=O)=O)C1C(=O)O. The molecule has 1 atom stereocenters. The van der Waals surface area contributed by atoms with Crippen LogP contribution in [0.25, 0.3) is 5.57 Å². The van der Waals surface area contributed by atoms with Gasteiger partial charge < -0.3 is 10.2 Å². The molecule has 21 heavy (non-hydrogen) atoms. The maximum Gasteiger partial charge on any atom is 0.336 e. The summed E-state index contributed by atoms with van der Waals surface area (Å²) in [6.07, 6.45) is 3.99. The normalized spacial score (nSPS) is 17.2. The van der Waals surface area contributed by atoms with Crippen LogP contribution in [0, 0.1) is 5.92 Å². The second-order valence-electron chi connectivity index (χ2n) is 4.24. The van der Waals surface area contributed by atoms with Crippen LogP contribution in [0.2, 0.25) is 0 Å². The fourth-order valence-corrected chi connectivity index (χ4v) is 2.78. The first-order valence-electron chi connectivity index (χ1n) is 5.83. The van der Waals surface area contributed by atoms with Crippen molar-refractivity contribution in [1.29, 1.82) is 0 Å². The van der Waals surface area contributed by atoms with Gasteiger partial charge in [0.05, 0.1) is 10.4 Å². The van der Waals surface area contributed by atoms with E-state index in [2.05, 4.69) is 0 Å². The molecule has 0 aliphatic heterocycles. The highest BCUT2D eigenvalue weighted by molar-refractivity contribution is 7.73. The summed E-state index contributed by atoms with van der Waals surface area (Å²) < 4.78 is 22.3. The molecule has 0 bridgehead atoms. The molecule has 0 amide bonds. The Labute approximate surface area is 121 Å². The van der Waals surface area contributed by atoms with Gasteiger partial charge in [-0.15, -0.1) is 0 Å². The maximum absolute atomic E-state index is 11.4. The summed E-state index contributed by atoms with van der Waals surface area (Å²) in [7, 11) is -2.70. The molecule has 7 heteroatoms. The molecular formula is C14H10O6S. The van der Waals surface area contributed by atoms with E-state index in [4.69, 9.17) is 0 Å². The van der Waals surface area contributed by atoms with Crippen molar-refractivity contribution in [1.82, 2.24) is 0 Å². The Morgan fingerprint density at radius 1 is 1.10 bits per heavy atom. The van der Waals surface area contributed by atoms with Crippen LogP contribution in [0.15, 0.2) is 42.5 Å². The van der Waals surface area contributed by atoms with Crippen LogP contribution < -0.4 is 0 Å². The quantitative estimate of drug-likeness (QED) is 0.809. The molecular weight excluding hydrogens is 296 g/mol. The number of hydrogen-bond acceptors (Lipinski definition) is 4. The first-order valence-corrected chi connectivity index (χ1v) is 6.91. The zero-order chi connectivity index (χ0) is 15.6. The summed E-state index contributed by atoms with van der Waals surface area (Å²) in [4.78, 5) is 22.3. The van der Waals surface area contributed by atoms with Gasteiger partial charge >= 0.3 is 11.9 Å². The summed E-state index contributed by atoms with van der Waals surface area (Å²) in [5.41, 5.74) is 0.230. The Bertz CT molecular complexity index is 806. The van der Waals surface area contributed by atoms with Crippen molar-refractivity contribution < 1.29 is 28.2 Å². The molecule has 1 aliphatic carbocycles. The van der Waals surface area contributed by atoms with Crippen molar-refractivity contribution in [2.45, 2.75) is 0 Å². The first kappa shape index (κ1) is 14.7. The third-order valence-electron chi connectivity index (χ3n) is 3.04. The van der Waals surface area contributed by atoms with E-state index in [0.29, 0.717) is 0 Å². The van der Waals surface area contributed by atoms with Gasteiger partial charge in [-0.25, -0.2) is 4.79 Å². The molecule has 2 N–H and O–H groups in total. The van der Waals surface area contributed by atoms with E-state index >= 15 is 0 Å². The van der Waals surface area contributed by atoms with Crippen molar-refractivity contribution in [3.05, 3.63) is 53.6 Å². The highest BCUT2D eigenvalue weighted by Crippen LogP contribution is 2.30. The minimum atomic E-state index is -2.70. The fraction of sp³-hybridized carbons (Fsp3) is 0.0714. The van der Waals surface area contributed by atoms with Crippen LogP contribution in [0.4, 0.5) is 0 Å². The molecule has 0 spiro atoms. The van der Waals surface area contributed by atoms with Crippen molar-refractivity contribution >= 4 is 32.7 Å². The monoisotopic (exact) mass is 306 g/mol. The molecule has 0 saturated heterocycles. The summed E-state index contributed by atoms with van der Waals surface area (Å²) in [5.74, 6) is -3.99. The van der Waals surface area contributed by atoms with E-state index in [1.165, 1.54) is 36.4 Å². The third-order valence-corrected chi connectivity index (χ3v) is 3.80. The number of carboxylic acid groups (broad SMARTS) is 2. The molecule has 108 valence electrons. The number of carbonyl (C=O) groups is 2. The lowest BCUT2D eigenvalue weighted by molar-refractivity contribution is -0.137. The summed E-state index contributed by atoms with van der Waals surface area (Å²) in [6.45, 7) is 0. The average molecular weight is 306 g/mol. The standard InChI is InChI=1S/C14H10O6S/c15-13(16)10-5-2-1-4-8(10)9-6-3-7-11(21(19)20)12(9)14(17)18/h1-7,12H,(H,15,16)(H,17,18). The van der Waals surface area contributed by atoms with Crippen LogP contribution in [-0.2, 0) is 15.1 Å². The zero-order valence-corrected chi connectivity index (χ0v) is 11.4. The number of rotatable bonds is 3. The van der Waals surface area contributed by atoms with E-state index in [1.807, 2.05) is 0 Å². The summed E-state index contributed by atoms with van der Waals surface area (Å²) in [5, 5.41) is 18.5. The molecule has 2 rings (SSSR count). The maximum atomic E-state index is 11.4. The number of aliphatic carboxylic acids is 1. The number of aromatic carboxylic acids is 1. The third kappa shape index (κ3) is 2.77. The van der Waals surface area contributed by atoms with E-state index in [9.17, 15) is 28.2 Å². The fourth-order valence-electron chi connectivity index (χ4n) is 2.17. The van der Waals surface area contributed by atoms with Gasteiger partial charge in [0.1, 0.15) is 5.92 Å². The van der Waals surface area contributed by atoms with Gasteiger partial charge in [-0.3, -0.25) is 4.79 Å². The molecule has 0 radical (unpaired) electrons. The Morgan fingerprint density at radius 2 is 1.76 bits per heavy atom. The number of carboxylic acids is 2. The van der Waals surface area contributed by atoms with Gasteiger partial charge in [0, 0.05) is 0 Å². The van der Waals surface area contributed by atoms with E-state index in [1.54, 1.807) is 6.07 Å². The minimum absolute atomic E-state index is 0.0821. The van der Waals surface area contributed by atoms with Crippen LogP contribution in [0.5, 0.6) is 0 Å². The smallest absolute Gasteiger partial charge is 0.336 e. The van der Waals surface area contributed by atoms with Gasteiger partial charge in [0.2, 0.25) is 10.3 Å². The predicted octanol–water partition coefficient (Wildman–Crippen LogP) is 1.09. The van der Waals surface area contributed by atoms with Crippen molar-refractivity contribution in [2.24, 2.45) is 5.92 Å². The Hall–Kier alpha value is -2.67. The number of hydrogen-bond donors (Lipinski definition) is 2. The van der Waals surface area contributed by atoms with Crippen LogP contribution in [-0.4, -0.2) is 35.4 Å². The molecule has 1 aromatic carbocycles. The molecule has 6 nitrogen and oxygen atoms in total. The van der Waals surface area contributed by atoms with Crippen LogP contribution >= 0.6 is 0 Å². The molecule has 0 heterocycles. The molecule has 1 unspecified atom stereocenters. The van der Waals surface area contributed by atoms with Crippen LogP contribution in [0.3, 0.4) is 0 Å². The number of benzene rings is 1. The van der Waals surface area contributed by atoms with Crippen LogP contribution in [0.1, 0.15) is 15.9 Å². The molecule has 1 aliphatic rings.